The number of nitrogens with zero attached hydrogens (tertiary/aromatic N) is 3. The van der Waals surface area contributed by atoms with Crippen LogP contribution >= 0.6 is 0 Å². The summed E-state index contributed by atoms with van der Waals surface area (Å²) in [5.41, 5.74) is -0.182. The summed E-state index contributed by atoms with van der Waals surface area (Å²) in [4.78, 5) is 30.8. The Morgan fingerprint density at radius 2 is 1.71 bits per heavy atom. The molecule has 5 nitrogen and oxygen atoms in total. The zero-order chi connectivity index (χ0) is 15.4. The van der Waals surface area contributed by atoms with E-state index in [1.165, 1.54) is 55.5 Å². The van der Waals surface area contributed by atoms with Crippen LogP contribution in [-0.4, -0.2) is 35.9 Å². The van der Waals surface area contributed by atoms with Crippen LogP contribution in [-0.2, 0) is 0 Å². The summed E-state index contributed by atoms with van der Waals surface area (Å²) >= 11 is 0. The van der Waals surface area contributed by atoms with E-state index in [4.69, 9.17) is 0 Å². The number of aromatic nitrogens is 1. The molecule has 0 fully saturated rings. The third kappa shape index (κ3) is 3.05. The van der Waals surface area contributed by atoms with E-state index in [0.29, 0.717) is 0 Å². The third-order valence-corrected chi connectivity index (χ3v) is 2.76. The van der Waals surface area contributed by atoms with Crippen molar-refractivity contribution in [2.24, 2.45) is 0 Å². The maximum atomic E-state index is 13.8. The number of amides is 3. The summed E-state index contributed by atoms with van der Waals surface area (Å²) < 4.78 is 13.8. The maximum Gasteiger partial charge on any atom is 0.332 e. The third-order valence-electron chi connectivity index (χ3n) is 2.76. The van der Waals surface area contributed by atoms with Crippen molar-refractivity contribution < 1.29 is 14.0 Å². The molecule has 21 heavy (non-hydrogen) atoms. The zero-order valence-corrected chi connectivity index (χ0v) is 11.7. The number of halogens is 1. The first-order chi connectivity index (χ1) is 10.0. The van der Waals surface area contributed by atoms with E-state index in [-0.39, 0.29) is 11.4 Å². The van der Waals surface area contributed by atoms with Gasteiger partial charge in [-0.15, -0.1) is 0 Å². The molecule has 0 spiro atoms. The molecular formula is C15H14FN3O2. The van der Waals surface area contributed by atoms with Crippen LogP contribution in [0.4, 0.5) is 15.0 Å². The Bertz CT molecular complexity index is 659. The topological polar surface area (TPSA) is 53.5 Å². The Hall–Kier alpha value is -2.76. The van der Waals surface area contributed by atoms with Gasteiger partial charge in [-0.25, -0.2) is 19.1 Å². The number of rotatable bonds is 2. The number of hydrogen-bond donors (Lipinski definition) is 0. The lowest BCUT2D eigenvalue weighted by Crippen LogP contribution is -2.44. The summed E-state index contributed by atoms with van der Waals surface area (Å²) in [7, 11) is 3.01. The highest BCUT2D eigenvalue weighted by Crippen LogP contribution is 2.17. The van der Waals surface area contributed by atoms with E-state index in [1.807, 2.05) is 0 Å². The zero-order valence-electron chi connectivity index (χ0n) is 11.7. The molecule has 1 aromatic carbocycles. The summed E-state index contributed by atoms with van der Waals surface area (Å²) in [6.07, 6.45) is 1.46. The molecule has 0 N–H and O–H groups in total. The largest absolute Gasteiger partial charge is 0.332 e. The van der Waals surface area contributed by atoms with Crippen LogP contribution in [0.2, 0.25) is 0 Å². The summed E-state index contributed by atoms with van der Waals surface area (Å²) in [6.45, 7) is 0. The van der Waals surface area contributed by atoms with Crippen LogP contribution < -0.4 is 4.90 Å². The van der Waals surface area contributed by atoms with Crippen molar-refractivity contribution >= 4 is 17.8 Å². The van der Waals surface area contributed by atoms with Gasteiger partial charge in [-0.2, -0.15) is 0 Å². The Labute approximate surface area is 121 Å². The minimum Gasteiger partial charge on any atom is -0.330 e. The molecule has 108 valence electrons. The standard InChI is InChI=1S/C15H14FN3O2/c1-18(2)15(21)19(13-9-5-6-10-17-13)14(20)11-7-3-4-8-12(11)16/h3-10H,1-2H3. The first-order valence-corrected chi connectivity index (χ1v) is 6.23. The average molecular weight is 287 g/mol. The first-order valence-electron chi connectivity index (χ1n) is 6.23. The molecular weight excluding hydrogens is 273 g/mol. The van der Waals surface area contributed by atoms with Gasteiger partial charge >= 0.3 is 6.03 Å². The van der Waals surface area contributed by atoms with Crippen molar-refractivity contribution in [2.45, 2.75) is 0 Å². The number of urea groups is 1. The molecule has 3 amide bonds. The van der Waals surface area contributed by atoms with E-state index in [9.17, 15) is 14.0 Å². The van der Waals surface area contributed by atoms with Crippen LogP contribution in [0.1, 0.15) is 10.4 Å². The van der Waals surface area contributed by atoms with Crippen molar-refractivity contribution in [2.75, 3.05) is 19.0 Å². The van der Waals surface area contributed by atoms with Crippen LogP contribution in [0.25, 0.3) is 0 Å². The quantitative estimate of drug-likeness (QED) is 0.853. The highest BCUT2D eigenvalue weighted by molar-refractivity contribution is 6.20. The molecule has 2 rings (SSSR count). The smallest absolute Gasteiger partial charge is 0.330 e. The Kier molecular flexibility index (Phi) is 4.27. The van der Waals surface area contributed by atoms with Gasteiger partial charge in [0.1, 0.15) is 11.6 Å². The summed E-state index contributed by atoms with van der Waals surface area (Å²) in [5.74, 6) is -1.30. The van der Waals surface area contributed by atoms with Crippen LogP contribution in [0, 0.1) is 5.82 Å². The van der Waals surface area contributed by atoms with Gasteiger partial charge in [-0.1, -0.05) is 18.2 Å². The van der Waals surface area contributed by atoms with Crippen molar-refractivity contribution in [1.29, 1.82) is 0 Å². The molecule has 1 aromatic heterocycles. The van der Waals surface area contributed by atoms with Gasteiger partial charge in [0.2, 0.25) is 0 Å². The molecule has 0 aliphatic carbocycles. The van der Waals surface area contributed by atoms with Crippen molar-refractivity contribution in [3.8, 4) is 0 Å². The van der Waals surface area contributed by atoms with Crippen LogP contribution in [0.3, 0.4) is 0 Å². The minimum atomic E-state index is -0.759. The lowest BCUT2D eigenvalue weighted by Gasteiger charge is -2.23. The van der Waals surface area contributed by atoms with Gasteiger partial charge in [0.15, 0.2) is 0 Å². The monoisotopic (exact) mass is 287 g/mol. The molecule has 0 unspecified atom stereocenters. The lowest BCUT2D eigenvalue weighted by molar-refractivity contribution is 0.0984. The number of imide groups is 1. The molecule has 6 heteroatoms. The fraction of sp³-hybridized carbons (Fsp3) is 0.133. The predicted octanol–water partition coefficient (Wildman–Crippen LogP) is 2.55. The SMILES string of the molecule is CN(C)C(=O)N(C(=O)c1ccccc1F)c1ccccn1. The summed E-state index contributed by atoms with van der Waals surface area (Å²) in [5, 5.41) is 0. The number of carbonyl (C=O) groups excluding carboxylic acids is 2. The Morgan fingerprint density at radius 1 is 1.05 bits per heavy atom. The molecule has 0 aliphatic heterocycles. The van der Waals surface area contributed by atoms with Crippen LogP contribution in [0.5, 0.6) is 0 Å². The highest BCUT2D eigenvalue weighted by atomic mass is 19.1. The number of benzene rings is 1. The van der Waals surface area contributed by atoms with E-state index in [1.54, 1.807) is 12.1 Å². The lowest BCUT2D eigenvalue weighted by atomic mass is 10.2. The van der Waals surface area contributed by atoms with Crippen molar-refractivity contribution in [3.05, 3.63) is 60.0 Å². The van der Waals surface area contributed by atoms with E-state index >= 15 is 0 Å². The molecule has 0 atom stereocenters. The maximum absolute atomic E-state index is 13.8. The fourth-order valence-electron chi connectivity index (χ4n) is 1.73. The fourth-order valence-corrected chi connectivity index (χ4v) is 1.73. The van der Waals surface area contributed by atoms with Crippen LogP contribution in [0.15, 0.2) is 48.7 Å². The first kappa shape index (κ1) is 14.6. The van der Waals surface area contributed by atoms with E-state index in [2.05, 4.69) is 4.98 Å². The Balaban J connectivity index is 2.48. The number of hydrogen-bond acceptors (Lipinski definition) is 3. The van der Waals surface area contributed by atoms with E-state index < -0.39 is 17.8 Å². The van der Waals surface area contributed by atoms with Gasteiger partial charge in [-0.05, 0) is 24.3 Å². The highest BCUT2D eigenvalue weighted by Gasteiger charge is 2.28. The number of pyridine rings is 1. The molecule has 2 aromatic rings. The molecule has 0 aliphatic rings. The van der Waals surface area contributed by atoms with Gasteiger partial charge in [0, 0.05) is 20.3 Å². The predicted molar refractivity (Wildman–Crippen MR) is 76.5 cm³/mol. The minimum absolute atomic E-state index is 0.143. The van der Waals surface area contributed by atoms with Crippen molar-refractivity contribution in [3.63, 3.8) is 0 Å². The molecule has 1 heterocycles. The van der Waals surface area contributed by atoms with Gasteiger partial charge < -0.3 is 4.90 Å². The second kappa shape index (κ2) is 6.13. The summed E-state index contributed by atoms with van der Waals surface area (Å²) in [6, 6.07) is 9.74. The van der Waals surface area contributed by atoms with Crippen molar-refractivity contribution in [1.82, 2.24) is 9.88 Å². The Morgan fingerprint density at radius 3 is 2.29 bits per heavy atom. The van der Waals surface area contributed by atoms with E-state index in [0.717, 1.165) is 4.90 Å². The second-order valence-corrected chi connectivity index (χ2v) is 4.49. The molecule has 0 radical (unpaired) electrons. The normalized spacial score (nSPS) is 10.0. The van der Waals surface area contributed by atoms with Gasteiger partial charge in [0.05, 0.1) is 5.56 Å². The number of carbonyl (C=O) groups is 2. The second-order valence-electron chi connectivity index (χ2n) is 4.49. The number of anilines is 1. The molecule has 0 bridgehead atoms. The molecule has 0 saturated carbocycles. The average Bonchev–Trinajstić information content (AvgIpc) is 2.48. The molecule has 0 saturated heterocycles. The van der Waals surface area contributed by atoms with Gasteiger partial charge in [-0.3, -0.25) is 4.79 Å². The van der Waals surface area contributed by atoms with Gasteiger partial charge in [0.25, 0.3) is 5.91 Å².